The molecule has 0 bridgehead atoms. The molecule has 1 fully saturated rings. The summed E-state index contributed by atoms with van der Waals surface area (Å²) in [5.74, 6) is 0. The molecule has 0 N–H and O–H groups in total. The zero-order chi connectivity index (χ0) is 8.65. The number of unbranched alkanes of at least 4 members (excludes halogenated alkanes) is 1. The Bertz CT molecular complexity index is 108. The maximum Gasteiger partial charge on any atom is 0.193 e. The van der Waals surface area contributed by atoms with Crippen LogP contribution in [0, 0.1) is 0 Å². The molecule has 0 aromatic rings. The number of hydrogen-bond acceptors (Lipinski definition) is 4. The third kappa shape index (κ3) is 5.67. The first-order chi connectivity index (χ1) is 5.93. The summed E-state index contributed by atoms with van der Waals surface area (Å²) in [7, 11) is 0.645. The van der Waals surface area contributed by atoms with Gasteiger partial charge in [0.25, 0.3) is 0 Å². The van der Waals surface area contributed by atoms with Crippen LogP contribution in [0.5, 0.6) is 0 Å². The van der Waals surface area contributed by atoms with Crippen LogP contribution in [0.2, 0.25) is 0 Å². The molecular weight excluding hydrogens is 176 g/mol. The molecule has 4 nitrogen and oxygen atoms in total. The SMILES string of the molecule is [SiH3]OOCCCCOCC1CO1. The molecule has 72 valence electrons. The molecule has 0 aromatic heterocycles. The van der Waals surface area contributed by atoms with Crippen molar-refractivity contribution in [3.05, 3.63) is 0 Å². The van der Waals surface area contributed by atoms with E-state index in [1.165, 1.54) is 0 Å². The molecule has 1 unspecified atom stereocenters. The fourth-order valence-electron chi connectivity index (χ4n) is 0.827. The van der Waals surface area contributed by atoms with Gasteiger partial charge < -0.3 is 9.47 Å². The summed E-state index contributed by atoms with van der Waals surface area (Å²) in [5.41, 5.74) is 0. The van der Waals surface area contributed by atoms with Crippen molar-refractivity contribution in [2.75, 3.05) is 26.4 Å². The van der Waals surface area contributed by atoms with Crippen molar-refractivity contribution in [2.24, 2.45) is 0 Å². The zero-order valence-electron chi connectivity index (χ0n) is 7.45. The van der Waals surface area contributed by atoms with Crippen molar-refractivity contribution in [1.29, 1.82) is 0 Å². The predicted molar refractivity (Wildman–Crippen MR) is 46.8 cm³/mol. The number of ether oxygens (including phenoxy) is 2. The van der Waals surface area contributed by atoms with Crippen LogP contribution < -0.4 is 0 Å². The predicted octanol–water partition coefficient (Wildman–Crippen LogP) is -0.589. The lowest BCUT2D eigenvalue weighted by atomic mass is 10.3. The van der Waals surface area contributed by atoms with Crippen LogP contribution in [-0.2, 0) is 18.9 Å². The van der Waals surface area contributed by atoms with E-state index < -0.39 is 0 Å². The van der Waals surface area contributed by atoms with Gasteiger partial charge in [-0.1, -0.05) is 0 Å². The summed E-state index contributed by atoms with van der Waals surface area (Å²) in [6.07, 6.45) is 2.40. The molecule has 0 saturated carbocycles. The Morgan fingerprint density at radius 1 is 1.33 bits per heavy atom. The fourth-order valence-corrected chi connectivity index (χ4v) is 0.994. The molecule has 0 spiro atoms. The monoisotopic (exact) mass is 192 g/mol. The van der Waals surface area contributed by atoms with Crippen molar-refractivity contribution < 1.29 is 18.9 Å². The van der Waals surface area contributed by atoms with E-state index >= 15 is 0 Å². The summed E-state index contributed by atoms with van der Waals surface area (Å²) < 4.78 is 14.9. The molecule has 0 radical (unpaired) electrons. The quantitative estimate of drug-likeness (QED) is 0.169. The van der Waals surface area contributed by atoms with Crippen LogP contribution in [0.25, 0.3) is 0 Å². The summed E-state index contributed by atoms with van der Waals surface area (Å²) in [5, 5.41) is 0. The Kier molecular flexibility index (Phi) is 5.54. The summed E-state index contributed by atoms with van der Waals surface area (Å²) in [4.78, 5) is 4.75. The van der Waals surface area contributed by atoms with E-state index in [9.17, 15) is 0 Å². The van der Waals surface area contributed by atoms with Gasteiger partial charge in [-0.3, -0.25) is 4.58 Å². The number of epoxide rings is 1. The highest BCUT2D eigenvalue weighted by atomic mass is 28.2. The van der Waals surface area contributed by atoms with Crippen molar-refractivity contribution >= 4 is 10.5 Å². The second kappa shape index (κ2) is 6.56. The first-order valence-electron chi connectivity index (χ1n) is 4.28. The van der Waals surface area contributed by atoms with Gasteiger partial charge >= 0.3 is 0 Å². The third-order valence-electron chi connectivity index (χ3n) is 1.59. The lowest BCUT2D eigenvalue weighted by Gasteiger charge is -2.01. The van der Waals surface area contributed by atoms with Gasteiger partial charge in [-0.15, -0.1) is 0 Å². The lowest BCUT2D eigenvalue weighted by Crippen LogP contribution is -2.03. The van der Waals surface area contributed by atoms with Crippen molar-refractivity contribution in [1.82, 2.24) is 0 Å². The number of rotatable bonds is 8. The molecule has 0 amide bonds. The van der Waals surface area contributed by atoms with Gasteiger partial charge in [-0.25, -0.2) is 4.89 Å². The smallest absolute Gasteiger partial charge is 0.193 e. The van der Waals surface area contributed by atoms with Crippen molar-refractivity contribution in [3.8, 4) is 0 Å². The van der Waals surface area contributed by atoms with E-state index in [1.807, 2.05) is 0 Å². The van der Waals surface area contributed by atoms with Crippen LogP contribution in [-0.4, -0.2) is 43.0 Å². The molecular formula is C7H16O4Si. The maximum atomic E-state index is 5.33. The lowest BCUT2D eigenvalue weighted by molar-refractivity contribution is -0.204. The van der Waals surface area contributed by atoms with Gasteiger partial charge in [0, 0.05) is 6.61 Å². The minimum Gasteiger partial charge on any atom is -0.379 e. The summed E-state index contributed by atoms with van der Waals surface area (Å²) in [6.45, 7) is 3.09. The molecule has 1 atom stereocenters. The first kappa shape index (κ1) is 10.1. The molecule has 1 aliphatic rings. The van der Waals surface area contributed by atoms with Crippen LogP contribution in [0.4, 0.5) is 0 Å². The Hall–Kier alpha value is 0.0569. The zero-order valence-corrected chi connectivity index (χ0v) is 9.45. The first-order valence-corrected chi connectivity index (χ1v) is 5.10. The minimum atomic E-state index is 0.381. The molecule has 0 aromatic carbocycles. The Balaban J connectivity index is 1.65. The fraction of sp³-hybridized carbons (Fsp3) is 1.00. The third-order valence-corrected chi connectivity index (χ3v) is 1.83. The largest absolute Gasteiger partial charge is 0.379 e. The van der Waals surface area contributed by atoms with Crippen molar-refractivity contribution in [3.63, 3.8) is 0 Å². The highest BCUT2D eigenvalue weighted by molar-refractivity contribution is 5.97. The highest BCUT2D eigenvalue weighted by Gasteiger charge is 2.21. The molecule has 1 saturated heterocycles. The summed E-state index contributed by atoms with van der Waals surface area (Å²) >= 11 is 0. The topological polar surface area (TPSA) is 40.2 Å². The maximum absolute atomic E-state index is 5.33. The van der Waals surface area contributed by atoms with Gasteiger partial charge in [-0.05, 0) is 12.8 Å². The van der Waals surface area contributed by atoms with Crippen molar-refractivity contribution in [2.45, 2.75) is 18.9 Å². The van der Waals surface area contributed by atoms with E-state index in [2.05, 4.69) is 4.58 Å². The highest BCUT2D eigenvalue weighted by Crippen LogP contribution is 2.08. The molecule has 5 heteroatoms. The normalized spacial score (nSPS) is 21.5. The molecule has 1 rings (SSSR count). The Morgan fingerprint density at radius 3 is 2.75 bits per heavy atom. The molecule has 1 aliphatic heterocycles. The van der Waals surface area contributed by atoms with Crippen LogP contribution >= 0.6 is 0 Å². The van der Waals surface area contributed by atoms with Gasteiger partial charge in [-0.2, -0.15) is 0 Å². The van der Waals surface area contributed by atoms with Crippen LogP contribution in [0.1, 0.15) is 12.8 Å². The van der Waals surface area contributed by atoms with Crippen LogP contribution in [0.15, 0.2) is 0 Å². The average molecular weight is 192 g/mol. The van der Waals surface area contributed by atoms with Crippen LogP contribution in [0.3, 0.4) is 0 Å². The van der Waals surface area contributed by atoms with Gasteiger partial charge in [0.2, 0.25) is 0 Å². The Morgan fingerprint density at radius 2 is 2.08 bits per heavy atom. The van der Waals surface area contributed by atoms with E-state index in [0.29, 0.717) is 23.2 Å². The van der Waals surface area contributed by atoms with E-state index in [0.717, 1.165) is 32.7 Å². The van der Waals surface area contributed by atoms with Gasteiger partial charge in [0.1, 0.15) is 6.10 Å². The molecule has 1 heterocycles. The molecule has 0 aliphatic carbocycles. The minimum absolute atomic E-state index is 0.381. The Labute approximate surface area is 75.6 Å². The molecule has 12 heavy (non-hydrogen) atoms. The summed E-state index contributed by atoms with van der Waals surface area (Å²) in [6, 6.07) is 0. The number of hydrogen-bond donors (Lipinski definition) is 0. The van der Waals surface area contributed by atoms with E-state index in [-0.39, 0.29) is 0 Å². The van der Waals surface area contributed by atoms with E-state index in [4.69, 9.17) is 14.4 Å². The van der Waals surface area contributed by atoms with E-state index in [1.54, 1.807) is 0 Å². The average Bonchev–Trinajstić information content (AvgIpc) is 2.87. The standard InChI is InChI=1S/C7H16O4Si/c12-11-10-4-2-1-3-8-5-7-6-9-7/h7H,1-6H2,12H3. The van der Waals surface area contributed by atoms with Gasteiger partial charge in [0.15, 0.2) is 10.5 Å². The second-order valence-electron chi connectivity index (χ2n) is 2.73. The second-order valence-corrected chi connectivity index (χ2v) is 3.06. The van der Waals surface area contributed by atoms with Gasteiger partial charge in [0.05, 0.1) is 19.8 Å².